The van der Waals surface area contributed by atoms with Gasteiger partial charge in [0.1, 0.15) is 0 Å². The van der Waals surface area contributed by atoms with E-state index in [1.54, 1.807) is 0 Å². The van der Waals surface area contributed by atoms with Crippen molar-refractivity contribution in [1.29, 1.82) is 0 Å². The van der Waals surface area contributed by atoms with Crippen LogP contribution in [0.4, 0.5) is 0 Å². The molecule has 2 N–H and O–H groups in total. The van der Waals surface area contributed by atoms with Crippen molar-refractivity contribution in [1.82, 2.24) is 15.5 Å². The van der Waals surface area contributed by atoms with Crippen molar-refractivity contribution in [2.24, 2.45) is 5.92 Å². The molecule has 0 spiro atoms. The average molecular weight is 255 g/mol. The van der Waals surface area contributed by atoms with Gasteiger partial charge in [-0.25, -0.2) is 0 Å². The number of piperidine rings is 1. The van der Waals surface area contributed by atoms with Gasteiger partial charge in [0.05, 0.1) is 6.04 Å². The van der Waals surface area contributed by atoms with Crippen molar-refractivity contribution in [3.8, 4) is 0 Å². The number of nitrogens with one attached hydrogen (secondary N) is 2. The van der Waals surface area contributed by atoms with Crippen LogP contribution in [0.1, 0.15) is 40.0 Å². The summed E-state index contributed by atoms with van der Waals surface area (Å²) < 4.78 is 0. The summed E-state index contributed by atoms with van der Waals surface area (Å²) in [6, 6.07) is 0.359. The van der Waals surface area contributed by atoms with Crippen molar-refractivity contribution in [2.45, 2.75) is 52.1 Å². The van der Waals surface area contributed by atoms with Crippen LogP contribution in [0.15, 0.2) is 0 Å². The minimum atomic E-state index is 0.0364. The van der Waals surface area contributed by atoms with Crippen LogP contribution in [0.25, 0.3) is 0 Å². The Bertz CT molecular complexity index is 249. The molecule has 1 aliphatic rings. The van der Waals surface area contributed by atoms with Gasteiger partial charge in [0.15, 0.2) is 0 Å². The highest BCUT2D eigenvalue weighted by molar-refractivity contribution is 5.82. The molecule has 1 amide bonds. The Labute approximate surface area is 111 Å². The highest BCUT2D eigenvalue weighted by Crippen LogP contribution is 2.17. The summed E-state index contributed by atoms with van der Waals surface area (Å²) in [5.41, 5.74) is 0. The van der Waals surface area contributed by atoms with E-state index >= 15 is 0 Å². The number of carbonyl (C=O) groups is 1. The molecule has 18 heavy (non-hydrogen) atoms. The molecule has 106 valence electrons. The standard InChI is InChI=1S/C14H29N3O/c1-11(2)13(17-8-6-5-7-9-17)14(18)16-10-12(3)15-4/h11-13,15H,5-10H2,1-4H3,(H,16,18). The molecule has 1 fully saturated rings. The lowest BCUT2D eigenvalue weighted by molar-refractivity contribution is -0.128. The third kappa shape index (κ3) is 4.58. The smallest absolute Gasteiger partial charge is 0.237 e. The molecule has 1 rings (SSSR count). The molecule has 1 aliphatic heterocycles. The third-order valence-corrected chi connectivity index (χ3v) is 3.76. The van der Waals surface area contributed by atoms with Gasteiger partial charge < -0.3 is 10.6 Å². The highest BCUT2D eigenvalue weighted by Gasteiger charge is 2.29. The summed E-state index contributed by atoms with van der Waals surface area (Å²) >= 11 is 0. The quantitative estimate of drug-likeness (QED) is 0.750. The number of amides is 1. The van der Waals surface area contributed by atoms with Gasteiger partial charge in [0.25, 0.3) is 0 Å². The number of nitrogens with zero attached hydrogens (tertiary/aromatic N) is 1. The molecule has 4 heteroatoms. The van der Waals surface area contributed by atoms with Crippen molar-refractivity contribution in [3.63, 3.8) is 0 Å². The van der Waals surface area contributed by atoms with Crippen LogP contribution in [0, 0.1) is 5.92 Å². The van der Waals surface area contributed by atoms with Crippen LogP contribution in [0.5, 0.6) is 0 Å². The first-order valence-corrected chi connectivity index (χ1v) is 7.25. The Morgan fingerprint density at radius 3 is 2.28 bits per heavy atom. The number of rotatable bonds is 6. The number of hydrogen-bond donors (Lipinski definition) is 2. The topological polar surface area (TPSA) is 44.4 Å². The predicted octanol–water partition coefficient (Wildman–Crippen LogP) is 1.22. The predicted molar refractivity (Wildman–Crippen MR) is 75.6 cm³/mol. The molecule has 2 atom stereocenters. The molecule has 0 aromatic heterocycles. The Balaban J connectivity index is 2.52. The average Bonchev–Trinajstić information content (AvgIpc) is 2.37. The summed E-state index contributed by atoms with van der Waals surface area (Å²) in [6.45, 7) is 9.19. The SMILES string of the molecule is CNC(C)CNC(=O)C(C(C)C)N1CCCCC1. The zero-order valence-electron chi connectivity index (χ0n) is 12.3. The van der Waals surface area contributed by atoms with Crippen molar-refractivity contribution >= 4 is 5.91 Å². The van der Waals surface area contributed by atoms with E-state index in [1.807, 2.05) is 7.05 Å². The first-order chi connectivity index (χ1) is 8.56. The summed E-state index contributed by atoms with van der Waals surface area (Å²) in [6.07, 6.45) is 3.76. The Morgan fingerprint density at radius 1 is 1.17 bits per heavy atom. The first kappa shape index (κ1) is 15.4. The van der Waals surface area contributed by atoms with Gasteiger partial charge in [0.2, 0.25) is 5.91 Å². The van der Waals surface area contributed by atoms with Gasteiger partial charge in [-0.15, -0.1) is 0 Å². The largest absolute Gasteiger partial charge is 0.353 e. The monoisotopic (exact) mass is 255 g/mol. The van der Waals surface area contributed by atoms with E-state index in [-0.39, 0.29) is 11.9 Å². The maximum atomic E-state index is 12.3. The van der Waals surface area contributed by atoms with E-state index in [2.05, 4.69) is 36.3 Å². The van der Waals surface area contributed by atoms with Crippen molar-refractivity contribution < 1.29 is 4.79 Å². The maximum Gasteiger partial charge on any atom is 0.237 e. The minimum absolute atomic E-state index is 0.0364. The molecule has 1 saturated heterocycles. The Morgan fingerprint density at radius 2 is 1.78 bits per heavy atom. The van der Waals surface area contributed by atoms with E-state index in [1.165, 1.54) is 19.3 Å². The third-order valence-electron chi connectivity index (χ3n) is 3.76. The summed E-state index contributed by atoms with van der Waals surface area (Å²) in [5, 5.41) is 6.21. The zero-order valence-corrected chi connectivity index (χ0v) is 12.3. The second kappa shape index (κ2) is 7.74. The summed E-state index contributed by atoms with van der Waals surface area (Å²) in [5.74, 6) is 0.557. The van der Waals surface area contributed by atoms with Gasteiger partial charge in [-0.05, 0) is 45.8 Å². The fourth-order valence-electron chi connectivity index (χ4n) is 2.55. The molecular weight excluding hydrogens is 226 g/mol. The lowest BCUT2D eigenvalue weighted by Gasteiger charge is -2.36. The summed E-state index contributed by atoms with van der Waals surface area (Å²) in [4.78, 5) is 14.7. The lowest BCUT2D eigenvalue weighted by Crippen LogP contribution is -2.53. The Kier molecular flexibility index (Phi) is 6.65. The zero-order chi connectivity index (χ0) is 13.5. The van der Waals surface area contributed by atoms with E-state index in [0.717, 1.165) is 13.1 Å². The van der Waals surface area contributed by atoms with Crippen LogP contribution in [-0.4, -0.2) is 49.6 Å². The van der Waals surface area contributed by atoms with Crippen LogP contribution in [0.2, 0.25) is 0 Å². The lowest BCUT2D eigenvalue weighted by atomic mass is 9.98. The molecule has 4 nitrogen and oxygen atoms in total. The fraction of sp³-hybridized carbons (Fsp3) is 0.929. The van der Waals surface area contributed by atoms with Crippen molar-refractivity contribution in [2.75, 3.05) is 26.7 Å². The molecule has 0 saturated carbocycles. The maximum absolute atomic E-state index is 12.3. The van der Waals surface area contributed by atoms with E-state index in [4.69, 9.17) is 0 Å². The van der Waals surface area contributed by atoms with E-state index in [0.29, 0.717) is 18.5 Å². The molecule has 0 aromatic carbocycles. The van der Waals surface area contributed by atoms with Crippen LogP contribution in [-0.2, 0) is 4.79 Å². The fourth-order valence-corrected chi connectivity index (χ4v) is 2.55. The van der Waals surface area contributed by atoms with Gasteiger partial charge in [0, 0.05) is 12.6 Å². The molecule has 0 aliphatic carbocycles. The number of carbonyl (C=O) groups excluding carboxylic acids is 1. The molecule has 2 unspecified atom stereocenters. The first-order valence-electron chi connectivity index (χ1n) is 7.25. The molecule has 0 aromatic rings. The molecule has 1 heterocycles. The number of likely N-dealkylation sites (tertiary alicyclic amines) is 1. The van der Waals surface area contributed by atoms with Gasteiger partial charge >= 0.3 is 0 Å². The van der Waals surface area contributed by atoms with Gasteiger partial charge in [-0.1, -0.05) is 20.3 Å². The van der Waals surface area contributed by atoms with Gasteiger partial charge in [-0.3, -0.25) is 9.69 Å². The minimum Gasteiger partial charge on any atom is -0.353 e. The van der Waals surface area contributed by atoms with Crippen LogP contribution >= 0.6 is 0 Å². The Hall–Kier alpha value is -0.610. The highest BCUT2D eigenvalue weighted by atomic mass is 16.2. The molecular formula is C14H29N3O. The molecule has 0 radical (unpaired) electrons. The second-order valence-electron chi connectivity index (χ2n) is 5.72. The van der Waals surface area contributed by atoms with E-state index in [9.17, 15) is 4.79 Å². The van der Waals surface area contributed by atoms with Crippen LogP contribution < -0.4 is 10.6 Å². The summed E-state index contributed by atoms with van der Waals surface area (Å²) in [7, 11) is 1.92. The molecule has 0 bridgehead atoms. The van der Waals surface area contributed by atoms with Crippen molar-refractivity contribution in [3.05, 3.63) is 0 Å². The van der Waals surface area contributed by atoms with Gasteiger partial charge in [-0.2, -0.15) is 0 Å². The second-order valence-corrected chi connectivity index (χ2v) is 5.72. The normalized spacial score (nSPS) is 20.7. The number of likely N-dealkylation sites (N-methyl/N-ethyl adjacent to an activating group) is 1. The van der Waals surface area contributed by atoms with Crippen LogP contribution in [0.3, 0.4) is 0 Å². The van der Waals surface area contributed by atoms with E-state index < -0.39 is 0 Å². The number of hydrogen-bond acceptors (Lipinski definition) is 3.